The van der Waals surface area contributed by atoms with E-state index < -0.39 is 0 Å². The minimum Gasteiger partial charge on any atom is -0.314 e. The van der Waals surface area contributed by atoms with Crippen molar-refractivity contribution in [3.05, 3.63) is 29.2 Å². The van der Waals surface area contributed by atoms with Gasteiger partial charge in [-0.15, -0.1) is 12.4 Å². The standard InChI is InChI=1S/C17H25N7O.ClH/c1-11-7-12(2)20-17(19-11)24-15(8-13(3)22-24)21-16(25)10-23-6-5-18-9-14(23)4;/h7-8,14,18H,5-6,9-10H2,1-4H3,(H,21,25);1H/t14-;/m1./s1. The zero-order valence-corrected chi connectivity index (χ0v) is 16.4. The molecular weight excluding hydrogens is 354 g/mol. The Morgan fingerprint density at radius 1 is 1.23 bits per heavy atom. The number of anilines is 1. The Labute approximate surface area is 159 Å². The zero-order valence-electron chi connectivity index (χ0n) is 15.6. The third-order valence-electron chi connectivity index (χ3n) is 4.24. The summed E-state index contributed by atoms with van der Waals surface area (Å²) in [7, 11) is 0. The summed E-state index contributed by atoms with van der Waals surface area (Å²) in [5.41, 5.74) is 2.53. The second-order valence-electron chi connectivity index (χ2n) is 6.61. The van der Waals surface area contributed by atoms with Gasteiger partial charge in [-0.1, -0.05) is 0 Å². The number of hydrogen-bond acceptors (Lipinski definition) is 6. The largest absolute Gasteiger partial charge is 0.314 e. The van der Waals surface area contributed by atoms with E-state index in [1.807, 2.05) is 32.9 Å². The van der Waals surface area contributed by atoms with E-state index in [-0.39, 0.29) is 18.3 Å². The third-order valence-corrected chi connectivity index (χ3v) is 4.24. The molecule has 8 nitrogen and oxygen atoms in total. The maximum absolute atomic E-state index is 12.5. The van der Waals surface area contributed by atoms with Crippen LogP contribution in [-0.4, -0.2) is 62.8 Å². The lowest BCUT2D eigenvalue weighted by molar-refractivity contribution is -0.118. The summed E-state index contributed by atoms with van der Waals surface area (Å²) < 4.78 is 1.59. The Morgan fingerprint density at radius 2 is 1.92 bits per heavy atom. The van der Waals surface area contributed by atoms with Gasteiger partial charge in [0, 0.05) is 43.1 Å². The van der Waals surface area contributed by atoms with E-state index in [2.05, 4.69) is 37.5 Å². The maximum Gasteiger partial charge on any atom is 0.252 e. The molecule has 0 saturated carbocycles. The summed E-state index contributed by atoms with van der Waals surface area (Å²) in [5, 5.41) is 10.7. The van der Waals surface area contributed by atoms with Crippen molar-refractivity contribution in [2.75, 3.05) is 31.5 Å². The second kappa shape index (κ2) is 8.57. The van der Waals surface area contributed by atoms with Crippen LogP contribution in [0.5, 0.6) is 0 Å². The molecule has 0 unspecified atom stereocenters. The van der Waals surface area contributed by atoms with Crippen molar-refractivity contribution in [2.45, 2.75) is 33.7 Å². The van der Waals surface area contributed by atoms with Crippen LogP contribution >= 0.6 is 12.4 Å². The zero-order chi connectivity index (χ0) is 18.0. The van der Waals surface area contributed by atoms with Crippen molar-refractivity contribution >= 4 is 24.1 Å². The number of hydrogen-bond donors (Lipinski definition) is 2. The van der Waals surface area contributed by atoms with Gasteiger partial charge in [0.15, 0.2) is 0 Å². The highest BCUT2D eigenvalue weighted by atomic mass is 35.5. The van der Waals surface area contributed by atoms with Crippen LogP contribution in [0.4, 0.5) is 5.82 Å². The average Bonchev–Trinajstić information content (AvgIpc) is 2.89. The minimum absolute atomic E-state index is 0. The van der Waals surface area contributed by atoms with Gasteiger partial charge in [0.25, 0.3) is 5.95 Å². The smallest absolute Gasteiger partial charge is 0.252 e. The Balaban J connectivity index is 0.00000243. The number of nitrogens with zero attached hydrogens (tertiary/aromatic N) is 5. The molecule has 1 aliphatic heterocycles. The fourth-order valence-corrected chi connectivity index (χ4v) is 3.03. The molecule has 2 N–H and O–H groups in total. The molecule has 1 saturated heterocycles. The molecule has 2 aromatic rings. The number of carbonyl (C=O) groups is 1. The van der Waals surface area contributed by atoms with Gasteiger partial charge in [-0.3, -0.25) is 9.69 Å². The van der Waals surface area contributed by atoms with Crippen molar-refractivity contribution in [2.24, 2.45) is 0 Å². The van der Waals surface area contributed by atoms with Gasteiger partial charge in [-0.25, -0.2) is 9.97 Å². The number of aromatic nitrogens is 4. The van der Waals surface area contributed by atoms with E-state index in [0.29, 0.717) is 24.4 Å². The Morgan fingerprint density at radius 3 is 2.58 bits per heavy atom. The Bertz CT molecular complexity index is 756. The van der Waals surface area contributed by atoms with Crippen molar-refractivity contribution in [3.63, 3.8) is 0 Å². The Kier molecular flexibility index (Phi) is 6.69. The fraction of sp³-hybridized carbons (Fsp3) is 0.529. The van der Waals surface area contributed by atoms with Gasteiger partial charge in [-0.05, 0) is 33.8 Å². The van der Waals surface area contributed by atoms with E-state index in [1.54, 1.807) is 4.68 Å². The van der Waals surface area contributed by atoms with Crippen LogP contribution in [-0.2, 0) is 4.79 Å². The summed E-state index contributed by atoms with van der Waals surface area (Å²) in [5.74, 6) is 1.01. The summed E-state index contributed by atoms with van der Waals surface area (Å²) in [4.78, 5) is 23.5. The van der Waals surface area contributed by atoms with Gasteiger partial charge in [0.1, 0.15) is 5.82 Å². The van der Waals surface area contributed by atoms with Crippen LogP contribution in [0.1, 0.15) is 24.0 Å². The highest BCUT2D eigenvalue weighted by Crippen LogP contribution is 2.15. The molecule has 3 heterocycles. The predicted molar refractivity (Wildman–Crippen MR) is 103 cm³/mol. The summed E-state index contributed by atoms with van der Waals surface area (Å²) in [6.45, 7) is 10.9. The summed E-state index contributed by atoms with van der Waals surface area (Å²) >= 11 is 0. The molecule has 0 spiro atoms. The van der Waals surface area contributed by atoms with Gasteiger partial charge < -0.3 is 10.6 Å². The predicted octanol–water partition coefficient (Wildman–Crippen LogP) is 1.24. The summed E-state index contributed by atoms with van der Waals surface area (Å²) in [6.07, 6.45) is 0. The monoisotopic (exact) mass is 379 g/mol. The quantitative estimate of drug-likeness (QED) is 0.831. The molecule has 1 atom stereocenters. The summed E-state index contributed by atoms with van der Waals surface area (Å²) in [6, 6.07) is 4.08. The molecule has 1 fully saturated rings. The van der Waals surface area contributed by atoms with Crippen molar-refractivity contribution in [1.82, 2.24) is 30.0 Å². The lowest BCUT2D eigenvalue weighted by Gasteiger charge is -2.33. The number of halogens is 1. The molecule has 0 aliphatic carbocycles. The number of piperazine rings is 1. The molecule has 0 bridgehead atoms. The van der Waals surface area contributed by atoms with Gasteiger partial charge >= 0.3 is 0 Å². The fourth-order valence-electron chi connectivity index (χ4n) is 3.03. The van der Waals surface area contributed by atoms with E-state index in [0.717, 1.165) is 36.7 Å². The maximum atomic E-state index is 12.5. The SMILES string of the molecule is Cc1cc(C)nc(-n2nc(C)cc2NC(=O)CN2CCNC[C@H]2C)n1.Cl. The molecular formula is C17H26ClN7O. The van der Waals surface area contributed by atoms with E-state index in [4.69, 9.17) is 0 Å². The second-order valence-corrected chi connectivity index (χ2v) is 6.61. The number of amides is 1. The topological polar surface area (TPSA) is 88.0 Å². The molecule has 1 aliphatic rings. The molecule has 3 rings (SSSR count). The van der Waals surface area contributed by atoms with Crippen LogP contribution < -0.4 is 10.6 Å². The van der Waals surface area contributed by atoms with Crippen LogP contribution in [0.3, 0.4) is 0 Å². The van der Waals surface area contributed by atoms with Crippen LogP contribution in [0.2, 0.25) is 0 Å². The molecule has 0 aromatic carbocycles. The van der Waals surface area contributed by atoms with Crippen LogP contribution in [0, 0.1) is 20.8 Å². The van der Waals surface area contributed by atoms with Gasteiger partial charge in [0.2, 0.25) is 5.91 Å². The van der Waals surface area contributed by atoms with Crippen LogP contribution in [0.25, 0.3) is 5.95 Å². The molecule has 2 aromatic heterocycles. The molecule has 26 heavy (non-hydrogen) atoms. The van der Waals surface area contributed by atoms with Crippen molar-refractivity contribution < 1.29 is 4.79 Å². The lowest BCUT2D eigenvalue weighted by atomic mass is 10.2. The minimum atomic E-state index is -0.0562. The number of aryl methyl sites for hydroxylation is 3. The number of rotatable bonds is 4. The third kappa shape index (κ3) is 4.78. The first kappa shape index (κ1) is 20.3. The van der Waals surface area contributed by atoms with Crippen molar-refractivity contribution in [1.29, 1.82) is 0 Å². The van der Waals surface area contributed by atoms with Gasteiger partial charge in [0.05, 0.1) is 12.2 Å². The first-order valence-corrected chi connectivity index (χ1v) is 8.56. The molecule has 142 valence electrons. The first-order valence-electron chi connectivity index (χ1n) is 8.56. The highest BCUT2D eigenvalue weighted by molar-refractivity contribution is 5.91. The highest BCUT2D eigenvalue weighted by Gasteiger charge is 2.21. The normalized spacial score (nSPS) is 17.6. The first-order chi connectivity index (χ1) is 11.9. The lowest BCUT2D eigenvalue weighted by Crippen LogP contribution is -2.52. The average molecular weight is 380 g/mol. The van der Waals surface area contributed by atoms with E-state index in [9.17, 15) is 4.79 Å². The molecule has 0 radical (unpaired) electrons. The Hall–Kier alpha value is -2.03. The van der Waals surface area contributed by atoms with Crippen LogP contribution in [0.15, 0.2) is 12.1 Å². The van der Waals surface area contributed by atoms with E-state index in [1.165, 1.54) is 0 Å². The molecule has 1 amide bonds. The number of carbonyl (C=O) groups excluding carboxylic acids is 1. The van der Waals surface area contributed by atoms with Gasteiger partial charge in [-0.2, -0.15) is 9.78 Å². The van der Waals surface area contributed by atoms with Crippen molar-refractivity contribution in [3.8, 4) is 5.95 Å². The number of nitrogens with one attached hydrogen (secondary N) is 2. The van der Waals surface area contributed by atoms with E-state index >= 15 is 0 Å². The molecule has 9 heteroatoms.